The molecule has 0 bridgehead atoms. The van der Waals surface area contributed by atoms with Crippen molar-refractivity contribution in [1.29, 1.82) is 0 Å². The number of imidazole rings is 1. The van der Waals surface area contributed by atoms with Gasteiger partial charge in [0.25, 0.3) is 5.91 Å². The van der Waals surface area contributed by atoms with Crippen molar-refractivity contribution < 1.29 is 9.53 Å². The van der Waals surface area contributed by atoms with E-state index < -0.39 is 0 Å². The first-order chi connectivity index (χ1) is 11.4. The van der Waals surface area contributed by atoms with Crippen molar-refractivity contribution in [2.24, 2.45) is 0 Å². The summed E-state index contributed by atoms with van der Waals surface area (Å²) in [5.74, 6) is 0.780. The second-order valence-electron chi connectivity index (χ2n) is 6.76. The molecular weight excluding hydrogens is 306 g/mol. The van der Waals surface area contributed by atoms with Crippen LogP contribution in [0.4, 0.5) is 0 Å². The van der Waals surface area contributed by atoms with E-state index in [2.05, 4.69) is 33.6 Å². The van der Waals surface area contributed by atoms with E-state index in [1.807, 2.05) is 20.0 Å². The fraction of sp³-hybridized carbons (Fsp3) is 0.588. The van der Waals surface area contributed by atoms with Crippen molar-refractivity contribution in [2.45, 2.75) is 58.9 Å². The quantitative estimate of drug-likeness (QED) is 0.934. The van der Waals surface area contributed by atoms with Crippen LogP contribution in [0.3, 0.4) is 0 Å². The topological polar surface area (TPSA) is 76.0 Å². The molecular formula is C17H25N5O2. The van der Waals surface area contributed by atoms with Crippen LogP contribution in [0.1, 0.15) is 67.4 Å². The summed E-state index contributed by atoms with van der Waals surface area (Å²) in [5.41, 5.74) is 2.39. The van der Waals surface area contributed by atoms with Crippen LogP contribution in [0.15, 0.2) is 12.4 Å². The molecule has 0 saturated carbocycles. The Hall–Kier alpha value is -2.15. The van der Waals surface area contributed by atoms with Crippen molar-refractivity contribution >= 4 is 5.91 Å². The number of hydrogen-bond donors (Lipinski definition) is 1. The maximum Gasteiger partial charge on any atom is 0.274 e. The molecule has 3 rings (SSSR count). The van der Waals surface area contributed by atoms with E-state index in [0.29, 0.717) is 24.7 Å². The van der Waals surface area contributed by atoms with E-state index in [4.69, 9.17) is 4.74 Å². The third-order valence-corrected chi connectivity index (χ3v) is 4.47. The first kappa shape index (κ1) is 16.7. The van der Waals surface area contributed by atoms with Gasteiger partial charge in [0.05, 0.1) is 24.4 Å². The van der Waals surface area contributed by atoms with Gasteiger partial charge in [-0.2, -0.15) is 5.10 Å². The Morgan fingerprint density at radius 3 is 2.96 bits per heavy atom. The SMILES string of the molecule is CC(C)n1ccnc1CN(C)C(=O)c1n[nH]c2c1C[C@H](C)O[C@@H]2C. The first-order valence-electron chi connectivity index (χ1n) is 8.38. The Labute approximate surface area is 142 Å². The summed E-state index contributed by atoms with van der Waals surface area (Å²) < 4.78 is 7.86. The van der Waals surface area contributed by atoms with Crippen LogP contribution in [0.2, 0.25) is 0 Å². The Bertz CT molecular complexity index is 733. The minimum atomic E-state index is -0.0906. The van der Waals surface area contributed by atoms with E-state index in [-0.39, 0.29) is 18.1 Å². The Morgan fingerprint density at radius 1 is 1.50 bits per heavy atom. The summed E-state index contributed by atoms with van der Waals surface area (Å²) in [4.78, 5) is 18.9. The average Bonchev–Trinajstić information content (AvgIpc) is 3.13. The van der Waals surface area contributed by atoms with Gasteiger partial charge >= 0.3 is 0 Å². The molecule has 1 aliphatic heterocycles. The fourth-order valence-corrected chi connectivity index (χ4v) is 3.25. The number of aromatic amines is 1. The minimum absolute atomic E-state index is 0.0667. The van der Waals surface area contributed by atoms with Gasteiger partial charge in [0.2, 0.25) is 0 Å². The molecule has 7 heteroatoms. The number of hydrogen-bond acceptors (Lipinski definition) is 4. The summed E-state index contributed by atoms with van der Waals surface area (Å²) in [6, 6.07) is 0.308. The predicted molar refractivity (Wildman–Crippen MR) is 89.7 cm³/mol. The molecule has 7 nitrogen and oxygen atoms in total. The highest BCUT2D eigenvalue weighted by Gasteiger charge is 2.30. The average molecular weight is 331 g/mol. The molecule has 0 aliphatic carbocycles. The van der Waals surface area contributed by atoms with Crippen molar-refractivity contribution in [3.05, 3.63) is 35.2 Å². The van der Waals surface area contributed by atoms with Crippen LogP contribution in [0, 0.1) is 0 Å². The summed E-state index contributed by atoms with van der Waals surface area (Å²) in [6.07, 6.45) is 4.43. The number of rotatable bonds is 4. The molecule has 1 aliphatic rings. The number of nitrogens with zero attached hydrogens (tertiary/aromatic N) is 4. The summed E-state index contributed by atoms with van der Waals surface area (Å²) in [7, 11) is 1.79. The normalized spacial score (nSPS) is 20.2. The van der Waals surface area contributed by atoms with E-state index in [0.717, 1.165) is 17.1 Å². The highest BCUT2D eigenvalue weighted by molar-refractivity contribution is 5.93. The van der Waals surface area contributed by atoms with Gasteiger partial charge in [-0.15, -0.1) is 0 Å². The van der Waals surface area contributed by atoms with Crippen molar-refractivity contribution in [3.8, 4) is 0 Å². The molecule has 3 heterocycles. The van der Waals surface area contributed by atoms with Gasteiger partial charge in [-0.05, 0) is 27.7 Å². The van der Waals surface area contributed by atoms with Crippen LogP contribution in [-0.4, -0.2) is 43.7 Å². The Kier molecular flexibility index (Phi) is 4.45. The van der Waals surface area contributed by atoms with Gasteiger partial charge in [-0.3, -0.25) is 9.89 Å². The van der Waals surface area contributed by atoms with Gasteiger partial charge in [0.1, 0.15) is 5.82 Å². The molecule has 2 aromatic heterocycles. The minimum Gasteiger partial charge on any atom is -0.369 e. The van der Waals surface area contributed by atoms with Gasteiger partial charge in [0.15, 0.2) is 5.69 Å². The van der Waals surface area contributed by atoms with Gasteiger partial charge in [-0.25, -0.2) is 4.98 Å². The van der Waals surface area contributed by atoms with E-state index >= 15 is 0 Å². The Morgan fingerprint density at radius 2 is 2.25 bits per heavy atom. The number of aromatic nitrogens is 4. The second kappa shape index (κ2) is 6.39. The van der Waals surface area contributed by atoms with Crippen molar-refractivity contribution in [1.82, 2.24) is 24.6 Å². The molecule has 1 amide bonds. The standard InChI is InChI=1S/C17H25N5O2/c1-10(2)22-7-6-18-14(22)9-21(5)17(23)16-13-8-11(3)24-12(4)15(13)19-20-16/h6-7,10-12H,8-9H2,1-5H3,(H,19,20)/t11-,12+/m0/s1. The number of fused-ring (bicyclic) bond motifs is 1. The number of carbonyl (C=O) groups excluding carboxylic acids is 1. The largest absolute Gasteiger partial charge is 0.369 e. The maximum absolute atomic E-state index is 12.9. The zero-order chi connectivity index (χ0) is 17.4. The van der Waals surface area contributed by atoms with Crippen LogP contribution in [0.25, 0.3) is 0 Å². The van der Waals surface area contributed by atoms with Crippen LogP contribution in [0.5, 0.6) is 0 Å². The summed E-state index contributed by atoms with van der Waals surface area (Å²) in [6.45, 7) is 8.64. The zero-order valence-corrected chi connectivity index (χ0v) is 14.9. The van der Waals surface area contributed by atoms with Gasteiger partial charge < -0.3 is 14.2 Å². The lowest BCUT2D eigenvalue weighted by Crippen LogP contribution is -2.30. The van der Waals surface area contributed by atoms with Crippen LogP contribution < -0.4 is 0 Å². The lowest BCUT2D eigenvalue weighted by molar-refractivity contribution is -0.00701. The molecule has 1 N–H and O–H groups in total. The molecule has 2 atom stereocenters. The monoisotopic (exact) mass is 331 g/mol. The number of nitrogens with one attached hydrogen (secondary N) is 1. The second-order valence-corrected chi connectivity index (χ2v) is 6.76. The molecule has 24 heavy (non-hydrogen) atoms. The lowest BCUT2D eigenvalue weighted by Gasteiger charge is -2.25. The van der Waals surface area contributed by atoms with Gasteiger partial charge in [0, 0.05) is 37.5 Å². The molecule has 0 spiro atoms. The third-order valence-electron chi connectivity index (χ3n) is 4.47. The van der Waals surface area contributed by atoms with Crippen molar-refractivity contribution in [2.75, 3.05) is 7.05 Å². The summed E-state index contributed by atoms with van der Waals surface area (Å²) in [5, 5.41) is 7.24. The van der Waals surface area contributed by atoms with Crippen LogP contribution in [-0.2, 0) is 17.7 Å². The number of carbonyl (C=O) groups is 1. The summed E-state index contributed by atoms with van der Waals surface area (Å²) >= 11 is 0. The molecule has 130 valence electrons. The molecule has 0 fully saturated rings. The number of H-pyrrole nitrogens is 1. The first-order valence-corrected chi connectivity index (χ1v) is 8.38. The fourth-order valence-electron chi connectivity index (χ4n) is 3.25. The third kappa shape index (κ3) is 2.96. The lowest BCUT2D eigenvalue weighted by atomic mass is 9.99. The highest BCUT2D eigenvalue weighted by atomic mass is 16.5. The predicted octanol–water partition coefficient (Wildman–Crippen LogP) is 2.48. The van der Waals surface area contributed by atoms with Crippen molar-refractivity contribution in [3.63, 3.8) is 0 Å². The van der Waals surface area contributed by atoms with E-state index in [9.17, 15) is 4.79 Å². The number of ether oxygens (including phenoxy) is 1. The van der Waals surface area contributed by atoms with Gasteiger partial charge in [-0.1, -0.05) is 0 Å². The molecule has 0 radical (unpaired) electrons. The smallest absolute Gasteiger partial charge is 0.274 e. The highest BCUT2D eigenvalue weighted by Crippen LogP contribution is 2.30. The molecule has 0 saturated heterocycles. The van der Waals surface area contributed by atoms with Crippen LogP contribution >= 0.6 is 0 Å². The zero-order valence-electron chi connectivity index (χ0n) is 14.9. The molecule has 0 aromatic carbocycles. The Balaban J connectivity index is 1.81. The van der Waals surface area contributed by atoms with E-state index in [1.54, 1.807) is 18.1 Å². The molecule has 2 aromatic rings. The number of amides is 1. The molecule has 0 unspecified atom stereocenters. The maximum atomic E-state index is 12.9. The van der Waals surface area contributed by atoms with E-state index in [1.165, 1.54) is 0 Å².